The molecule has 0 radical (unpaired) electrons. The highest BCUT2D eigenvalue weighted by Gasteiger charge is 2.22. The van der Waals surface area contributed by atoms with E-state index in [0.29, 0.717) is 17.2 Å². The fourth-order valence-electron chi connectivity index (χ4n) is 3.37. The summed E-state index contributed by atoms with van der Waals surface area (Å²) in [6, 6.07) is 14.6. The lowest BCUT2D eigenvalue weighted by Gasteiger charge is -2.31. The second kappa shape index (κ2) is 11.6. The van der Waals surface area contributed by atoms with Gasteiger partial charge in [0.05, 0.1) is 10.6 Å². The van der Waals surface area contributed by atoms with Crippen molar-refractivity contribution in [1.82, 2.24) is 5.32 Å². The monoisotopic (exact) mass is 438 g/mol. The zero-order valence-corrected chi connectivity index (χ0v) is 18.8. The van der Waals surface area contributed by atoms with E-state index < -0.39 is 9.84 Å². The van der Waals surface area contributed by atoms with Crippen LogP contribution in [-0.2, 0) is 9.84 Å². The quantitative estimate of drug-likeness (QED) is 0.476. The number of sulfone groups is 1. The van der Waals surface area contributed by atoms with Gasteiger partial charge in [-0.15, -0.1) is 0 Å². The van der Waals surface area contributed by atoms with E-state index in [2.05, 4.69) is 29.0 Å². The van der Waals surface area contributed by atoms with E-state index in [9.17, 15) is 8.42 Å². The normalized spacial score (nSPS) is 14.3. The Balaban J connectivity index is 1.87. The number of hydrogen-bond acceptors (Lipinski definition) is 5. The van der Waals surface area contributed by atoms with Gasteiger partial charge < -0.3 is 15.0 Å². The number of allylic oxidation sites excluding steroid dienone is 1. The topological polar surface area (TPSA) is 58.6 Å². The van der Waals surface area contributed by atoms with E-state index in [-0.39, 0.29) is 4.90 Å². The van der Waals surface area contributed by atoms with Crippen molar-refractivity contribution in [1.29, 1.82) is 0 Å². The summed E-state index contributed by atoms with van der Waals surface area (Å²) < 4.78 is 32.3. The molecule has 5 nitrogen and oxygen atoms in total. The Labute approximate surface area is 186 Å². The Morgan fingerprint density at radius 3 is 2.58 bits per heavy atom. The van der Waals surface area contributed by atoms with Crippen LogP contribution < -0.4 is 15.0 Å². The van der Waals surface area contributed by atoms with Gasteiger partial charge in [0.25, 0.3) is 0 Å². The summed E-state index contributed by atoms with van der Waals surface area (Å²) in [4.78, 5) is 2.34. The molecule has 1 N–H and O–H groups in total. The van der Waals surface area contributed by atoms with Crippen molar-refractivity contribution >= 4 is 15.5 Å². The number of unbranched alkanes of at least 4 members (excludes halogenated alkanes) is 3. The minimum atomic E-state index is -3.68. The van der Waals surface area contributed by atoms with Gasteiger partial charge in [-0.1, -0.05) is 49.8 Å². The van der Waals surface area contributed by atoms with Crippen molar-refractivity contribution in [3.05, 3.63) is 60.0 Å². The second-order valence-corrected chi connectivity index (χ2v) is 9.21. The van der Waals surface area contributed by atoms with Gasteiger partial charge >= 0.3 is 0 Å². The molecule has 0 bridgehead atoms. The van der Waals surface area contributed by atoms with Crippen molar-refractivity contribution in [2.75, 3.05) is 31.1 Å². The van der Waals surface area contributed by atoms with Gasteiger partial charge in [0, 0.05) is 44.1 Å². The summed E-state index contributed by atoms with van der Waals surface area (Å²) in [6.07, 6.45) is 5.54. The van der Waals surface area contributed by atoms with Crippen LogP contribution in [-0.4, -0.2) is 34.6 Å². The predicted octanol–water partition coefficient (Wildman–Crippen LogP) is 4.76. The molecular formula is C25H30N2O3S. The summed E-state index contributed by atoms with van der Waals surface area (Å²) in [5.74, 6) is 7.03. The van der Waals surface area contributed by atoms with Crippen molar-refractivity contribution < 1.29 is 13.2 Å². The van der Waals surface area contributed by atoms with Crippen LogP contribution in [0.5, 0.6) is 11.5 Å². The first-order valence-electron chi connectivity index (χ1n) is 10.8. The molecule has 1 saturated heterocycles. The molecule has 1 aliphatic rings. The fraction of sp³-hybridized carbons (Fsp3) is 0.360. The molecule has 6 heteroatoms. The molecule has 1 aliphatic heterocycles. The number of nitrogens with one attached hydrogen (secondary N) is 1. The van der Waals surface area contributed by atoms with E-state index in [1.807, 2.05) is 42.5 Å². The number of anilines is 1. The van der Waals surface area contributed by atoms with Crippen molar-refractivity contribution in [3.8, 4) is 23.3 Å². The van der Waals surface area contributed by atoms with Crippen LogP contribution in [0.1, 0.15) is 32.6 Å². The average molecular weight is 439 g/mol. The average Bonchev–Trinajstić information content (AvgIpc) is 2.80. The number of nitrogens with zero attached hydrogens (tertiary/aromatic N) is 1. The van der Waals surface area contributed by atoms with Gasteiger partial charge in [-0.25, -0.2) is 8.42 Å². The van der Waals surface area contributed by atoms with E-state index in [4.69, 9.17) is 4.74 Å². The van der Waals surface area contributed by atoms with Gasteiger partial charge in [0.2, 0.25) is 9.84 Å². The molecule has 0 atom stereocenters. The second-order valence-electron chi connectivity index (χ2n) is 7.41. The first-order valence-corrected chi connectivity index (χ1v) is 12.4. The smallest absolute Gasteiger partial charge is 0.202 e. The van der Waals surface area contributed by atoms with Crippen molar-refractivity contribution in [3.63, 3.8) is 0 Å². The number of rotatable bonds is 8. The SMILES string of the molecule is CCCCCC#C/C=C/S(=O)(=O)c1cc(Oc2ccccc2)ccc1N1CCNCC1. The van der Waals surface area contributed by atoms with Gasteiger partial charge in [-0.05, 0) is 36.8 Å². The standard InChI is InChI=1S/C25H30N2O3S/c1-2-3-4-5-6-7-11-20-31(28,29)25-21-23(30-22-12-9-8-10-13-22)14-15-24(25)27-18-16-26-17-19-27/h8-15,20-21,26H,2-5,16-19H2,1H3/b20-11+. The molecule has 0 aliphatic carbocycles. The molecule has 3 rings (SSSR count). The Kier molecular flexibility index (Phi) is 8.57. The van der Waals surface area contributed by atoms with Crippen LogP contribution >= 0.6 is 0 Å². The summed E-state index contributed by atoms with van der Waals surface area (Å²) in [6.45, 7) is 5.29. The van der Waals surface area contributed by atoms with Crippen LogP contribution in [0.3, 0.4) is 0 Å². The van der Waals surface area contributed by atoms with Crippen molar-refractivity contribution in [2.24, 2.45) is 0 Å². The molecule has 31 heavy (non-hydrogen) atoms. The number of benzene rings is 2. The Morgan fingerprint density at radius 2 is 1.84 bits per heavy atom. The molecule has 0 saturated carbocycles. The third-order valence-electron chi connectivity index (χ3n) is 5.01. The summed E-state index contributed by atoms with van der Waals surface area (Å²) in [5, 5.41) is 4.50. The minimum absolute atomic E-state index is 0.242. The zero-order chi connectivity index (χ0) is 21.9. The van der Waals surface area contributed by atoms with Gasteiger partial charge in [0.15, 0.2) is 0 Å². The highest BCUT2D eigenvalue weighted by atomic mass is 32.2. The molecule has 0 aromatic heterocycles. The molecular weight excluding hydrogens is 408 g/mol. The maximum Gasteiger partial charge on any atom is 0.202 e. The van der Waals surface area contributed by atoms with Crippen LogP contribution in [0, 0.1) is 11.8 Å². The van der Waals surface area contributed by atoms with Crippen LogP contribution in [0.2, 0.25) is 0 Å². The van der Waals surface area contributed by atoms with Gasteiger partial charge in [0.1, 0.15) is 11.5 Å². The lowest BCUT2D eigenvalue weighted by Crippen LogP contribution is -2.44. The Hall–Kier alpha value is -2.75. The number of hydrogen-bond donors (Lipinski definition) is 1. The summed E-state index contributed by atoms with van der Waals surface area (Å²) in [7, 11) is -3.68. The molecule has 0 unspecified atom stereocenters. The maximum atomic E-state index is 13.2. The summed E-state index contributed by atoms with van der Waals surface area (Å²) in [5.41, 5.74) is 0.697. The number of ether oxygens (including phenoxy) is 1. The maximum absolute atomic E-state index is 13.2. The highest BCUT2D eigenvalue weighted by Crippen LogP contribution is 2.33. The molecule has 0 amide bonds. The number of para-hydroxylation sites is 1. The third-order valence-corrected chi connectivity index (χ3v) is 6.45. The predicted molar refractivity (Wildman–Crippen MR) is 126 cm³/mol. The Bertz CT molecular complexity index is 1030. The largest absolute Gasteiger partial charge is 0.457 e. The fourth-order valence-corrected chi connectivity index (χ4v) is 4.53. The van der Waals surface area contributed by atoms with Crippen LogP contribution in [0.4, 0.5) is 5.69 Å². The molecule has 2 aromatic rings. The molecule has 2 aromatic carbocycles. The van der Waals surface area contributed by atoms with E-state index in [0.717, 1.165) is 51.9 Å². The van der Waals surface area contributed by atoms with Gasteiger partial charge in [-0.2, -0.15) is 0 Å². The Morgan fingerprint density at radius 1 is 1.06 bits per heavy atom. The molecule has 164 valence electrons. The third kappa shape index (κ3) is 6.88. The molecule has 1 heterocycles. The minimum Gasteiger partial charge on any atom is -0.457 e. The number of piperazine rings is 1. The van der Waals surface area contributed by atoms with Gasteiger partial charge in [-0.3, -0.25) is 0 Å². The molecule has 0 spiro atoms. The summed E-state index contributed by atoms with van der Waals surface area (Å²) >= 11 is 0. The first-order chi connectivity index (χ1) is 15.1. The lowest BCUT2D eigenvalue weighted by atomic mass is 10.2. The zero-order valence-electron chi connectivity index (χ0n) is 18.0. The first kappa shape index (κ1) is 22.9. The van der Waals surface area contributed by atoms with E-state index in [1.165, 1.54) is 11.5 Å². The van der Waals surface area contributed by atoms with E-state index in [1.54, 1.807) is 6.07 Å². The van der Waals surface area contributed by atoms with Crippen LogP contribution in [0.15, 0.2) is 64.9 Å². The van der Waals surface area contributed by atoms with Crippen LogP contribution in [0.25, 0.3) is 0 Å². The lowest BCUT2D eigenvalue weighted by molar-refractivity contribution is 0.480. The molecule has 1 fully saturated rings. The van der Waals surface area contributed by atoms with Crippen molar-refractivity contribution in [2.45, 2.75) is 37.5 Å². The van der Waals surface area contributed by atoms with E-state index >= 15 is 0 Å². The highest BCUT2D eigenvalue weighted by molar-refractivity contribution is 7.94.